The topological polar surface area (TPSA) is 47.1 Å². The Labute approximate surface area is 108 Å². The van der Waals surface area contributed by atoms with E-state index in [1.165, 1.54) is 29.9 Å². The van der Waals surface area contributed by atoms with E-state index >= 15 is 0 Å². The minimum atomic E-state index is 0.196. The average molecular weight is 254 g/mol. The van der Waals surface area contributed by atoms with Gasteiger partial charge in [-0.15, -0.1) is 0 Å². The molecule has 17 heavy (non-hydrogen) atoms. The molecule has 2 rings (SSSR count). The molecule has 4 nitrogen and oxygen atoms in total. The van der Waals surface area contributed by atoms with Gasteiger partial charge in [-0.25, -0.2) is 0 Å². The Morgan fingerprint density at radius 3 is 2.76 bits per heavy atom. The average Bonchev–Trinajstić information content (AvgIpc) is 2.75. The molecule has 0 saturated carbocycles. The lowest BCUT2D eigenvalue weighted by atomic mass is 9.90. The first kappa shape index (κ1) is 12.9. The molecule has 0 radical (unpaired) electrons. The van der Waals surface area contributed by atoms with Crippen LogP contribution < -0.4 is 5.73 Å². The fraction of sp³-hybridized carbons (Fsp3) is 0.750. The first-order valence-electron chi connectivity index (χ1n) is 6.13. The van der Waals surface area contributed by atoms with E-state index in [4.69, 9.17) is 5.73 Å². The van der Waals surface area contributed by atoms with E-state index in [-0.39, 0.29) is 5.54 Å². The predicted molar refractivity (Wildman–Crippen MR) is 73.0 cm³/mol. The van der Waals surface area contributed by atoms with Crippen LogP contribution in [0.3, 0.4) is 0 Å². The molecule has 1 aliphatic heterocycles. The molecule has 5 heteroatoms. The van der Waals surface area contributed by atoms with Crippen molar-refractivity contribution >= 4 is 11.8 Å². The molecule has 0 unspecified atom stereocenters. The van der Waals surface area contributed by atoms with Gasteiger partial charge in [0, 0.05) is 37.4 Å². The number of nitrogens with zero attached hydrogens (tertiary/aromatic N) is 3. The van der Waals surface area contributed by atoms with Gasteiger partial charge in [0.15, 0.2) is 0 Å². The monoisotopic (exact) mass is 254 g/mol. The van der Waals surface area contributed by atoms with Gasteiger partial charge in [0.1, 0.15) is 0 Å². The summed E-state index contributed by atoms with van der Waals surface area (Å²) in [6, 6.07) is 0. The molecule has 0 atom stereocenters. The van der Waals surface area contributed by atoms with Gasteiger partial charge in [-0.3, -0.25) is 9.58 Å². The van der Waals surface area contributed by atoms with E-state index in [0.29, 0.717) is 0 Å². The zero-order valence-corrected chi connectivity index (χ0v) is 11.5. The first-order chi connectivity index (χ1) is 8.16. The summed E-state index contributed by atoms with van der Waals surface area (Å²) in [5.41, 5.74) is 7.49. The van der Waals surface area contributed by atoms with Crippen LogP contribution in [0, 0.1) is 0 Å². The fourth-order valence-electron chi connectivity index (χ4n) is 2.49. The zero-order chi connectivity index (χ0) is 12.3. The maximum atomic E-state index is 6.03. The summed E-state index contributed by atoms with van der Waals surface area (Å²) >= 11 is 2.04. The highest BCUT2D eigenvalue weighted by molar-refractivity contribution is 7.99. The molecule has 2 N–H and O–H groups in total. The Hall–Kier alpha value is -0.520. The molecular formula is C12H22N4S. The molecule has 1 saturated heterocycles. The van der Waals surface area contributed by atoms with Crippen molar-refractivity contribution in [3.05, 3.63) is 18.0 Å². The Kier molecular flexibility index (Phi) is 4.12. The summed E-state index contributed by atoms with van der Waals surface area (Å²) < 4.78 is 1.86. The molecule has 1 fully saturated rings. The number of thioether (sulfide) groups is 1. The molecule has 1 aromatic heterocycles. The van der Waals surface area contributed by atoms with Crippen LogP contribution in [-0.2, 0) is 13.6 Å². The lowest BCUT2D eigenvalue weighted by molar-refractivity contribution is 0.107. The third kappa shape index (κ3) is 2.84. The smallest absolute Gasteiger partial charge is 0.0534 e. The van der Waals surface area contributed by atoms with Gasteiger partial charge in [0.25, 0.3) is 0 Å². The van der Waals surface area contributed by atoms with Crippen LogP contribution >= 0.6 is 11.8 Å². The Morgan fingerprint density at radius 2 is 2.24 bits per heavy atom. The molecule has 1 aromatic rings. The standard InChI is InChI=1S/C12H22N4S/c1-15(8-11-7-14-16(2)9-11)12(10-13)3-5-17-6-4-12/h7,9H,3-6,8,10,13H2,1-2H3. The van der Waals surface area contributed by atoms with Crippen LogP contribution in [0.15, 0.2) is 12.4 Å². The highest BCUT2D eigenvalue weighted by atomic mass is 32.2. The largest absolute Gasteiger partial charge is 0.329 e. The van der Waals surface area contributed by atoms with Gasteiger partial charge in [0.05, 0.1) is 6.20 Å². The summed E-state index contributed by atoms with van der Waals surface area (Å²) in [6.07, 6.45) is 6.42. The van der Waals surface area contributed by atoms with Crippen molar-refractivity contribution in [2.45, 2.75) is 24.9 Å². The quantitative estimate of drug-likeness (QED) is 0.873. The van der Waals surface area contributed by atoms with Crippen molar-refractivity contribution < 1.29 is 0 Å². The van der Waals surface area contributed by atoms with E-state index in [9.17, 15) is 0 Å². The zero-order valence-electron chi connectivity index (χ0n) is 10.7. The van der Waals surface area contributed by atoms with Crippen molar-refractivity contribution in [1.29, 1.82) is 0 Å². The molecule has 1 aliphatic rings. The number of hydrogen-bond acceptors (Lipinski definition) is 4. The normalized spacial score (nSPS) is 19.8. The number of aromatic nitrogens is 2. The summed E-state index contributed by atoms with van der Waals surface area (Å²) in [7, 11) is 4.15. The molecular weight excluding hydrogens is 232 g/mol. The lowest BCUT2D eigenvalue weighted by Gasteiger charge is -2.43. The van der Waals surface area contributed by atoms with E-state index < -0.39 is 0 Å². The van der Waals surface area contributed by atoms with Crippen LogP contribution in [0.5, 0.6) is 0 Å². The maximum absolute atomic E-state index is 6.03. The Balaban J connectivity index is 2.04. The van der Waals surface area contributed by atoms with Crippen LogP contribution in [-0.4, -0.2) is 45.3 Å². The highest BCUT2D eigenvalue weighted by Crippen LogP contribution is 2.31. The maximum Gasteiger partial charge on any atom is 0.0534 e. The van der Waals surface area contributed by atoms with Gasteiger partial charge < -0.3 is 5.73 Å². The Morgan fingerprint density at radius 1 is 1.53 bits per heavy atom. The highest BCUT2D eigenvalue weighted by Gasteiger charge is 2.34. The Bertz CT molecular complexity index is 357. The van der Waals surface area contributed by atoms with Gasteiger partial charge in [0.2, 0.25) is 0 Å². The van der Waals surface area contributed by atoms with Crippen molar-refractivity contribution in [3.8, 4) is 0 Å². The molecule has 0 aromatic carbocycles. The van der Waals surface area contributed by atoms with Crippen LogP contribution in [0.2, 0.25) is 0 Å². The number of likely N-dealkylation sites (N-methyl/N-ethyl adjacent to an activating group) is 1. The molecule has 0 bridgehead atoms. The van der Waals surface area contributed by atoms with Crippen LogP contribution in [0.25, 0.3) is 0 Å². The van der Waals surface area contributed by atoms with Crippen molar-refractivity contribution in [3.63, 3.8) is 0 Å². The minimum Gasteiger partial charge on any atom is -0.329 e. The van der Waals surface area contributed by atoms with E-state index in [0.717, 1.165) is 13.1 Å². The second-order valence-electron chi connectivity index (χ2n) is 4.92. The second kappa shape index (κ2) is 5.42. The number of aryl methyl sites for hydroxylation is 1. The van der Waals surface area contributed by atoms with Crippen molar-refractivity contribution in [2.75, 3.05) is 25.1 Å². The van der Waals surface area contributed by atoms with Gasteiger partial charge in [-0.05, 0) is 31.4 Å². The number of hydrogen-bond donors (Lipinski definition) is 1. The second-order valence-corrected chi connectivity index (χ2v) is 6.14. The third-order valence-electron chi connectivity index (χ3n) is 3.79. The van der Waals surface area contributed by atoms with E-state index in [1.54, 1.807) is 0 Å². The summed E-state index contributed by atoms with van der Waals surface area (Å²) in [5, 5.41) is 4.22. The van der Waals surface area contributed by atoms with E-state index in [1.807, 2.05) is 29.7 Å². The van der Waals surface area contributed by atoms with Crippen molar-refractivity contribution in [2.24, 2.45) is 12.8 Å². The van der Waals surface area contributed by atoms with Crippen molar-refractivity contribution in [1.82, 2.24) is 14.7 Å². The molecule has 0 aliphatic carbocycles. The number of rotatable bonds is 4. The minimum absolute atomic E-state index is 0.196. The van der Waals surface area contributed by atoms with Crippen LogP contribution in [0.4, 0.5) is 0 Å². The summed E-state index contributed by atoms with van der Waals surface area (Å²) in [6.45, 7) is 1.69. The summed E-state index contributed by atoms with van der Waals surface area (Å²) in [4.78, 5) is 2.42. The summed E-state index contributed by atoms with van der Waals surface area (Å²) in [5.74, 6) is 2.46. The van der Waals surface area contributed by atoms with E-state index in [2.05, 4.69) is 23.2 Å². The molecule has 0 spiro atoms. The van der Waals surface area contributed by atoms with Gasteiger partial charge >= 0.3 is 0 Å². The first-order valence-corrected chi connectivity index (χ1v) is 7.28. The molecule has 96 valence electrons. The number of nitrogens with two attached hydrogens (primary N) is 1. The molecule has 2 heterocycles. The van der Waals surface area contributed by atoms with Gasteiger partial charge in [-0.1, -0.05) is 0 Å². The molecule has 0 amide bonds. The predicted octanol–water partition coefficient (Wildman–Crippen LogP) is 1.08. The van der Waals surface area contributed by atoms with Crippen LogP contribution in [0.1, 0.15) is 18.4 Å². The van der Waals surface area contributed by atoms with Gasteiger partial charge in [-0.2, -0.15) is 16.9 Å². The lowest BCUT2D eigenvalue weighted by Crippen LogP contribution is -2.53. The SMILES string of the molecule is CN(Cc1cnn(C)c1)C1(CN)CCSCC1. The third-order valence-corrected chi connectivity index (χ3v) is 4.78. The fourth-order valence-corrected chi connectivity index (χ4v) is 3.74.